The van der Waals surface area contributed by atoms with Gasteiger partial charge in [0.1, 0.15) is 0 Å². The smallest absolute Gasteiger partial charge is 0.0609 e. The first-order valence-corrected chi connectivity index (χ1v) is 4.59. The van der Waals surface area contributed by atoms with Crippen LogP contribution in [0.25, 0.3) is 0 Å². The van der Waals surface area contributed by atoms with Crippen LogP contribution >= 0.6 is 11.6 Å². The summed E-state index contributed by atoms with van der Waals surface area (Å²) in [5.41, 5.74) is 1.15. The van der Waals surface area contributed by atoms with E-state index in [0.29, 0.717) is 0 Å². The molecule has 64 valence electrons. The third-order valence-electron chi connectivity index (χ3n) is 2.16. The highest BCUT2D eigenvalue weighted by molar-refractivity contribution is 6.30. The molecule has 0 aromatic carbocycles. The molecule has 0 saturated carbocycles. The lowest BCUT2D eigenvalue weighted by molar-refractivity contribution is 0.949. The molecule has 1 saturated heterocycles. The van der Waals surface area contributed by atoms with Gasteiger partial charge in [0.15, 0.2) is 0 Å². The molecule has 3 heteroatoms. The predicted octanol–water partition coefficient (Wildman–Crippen LogP) is 2.34. The lowest BCUT2D eigenvalue weighted by atomic mass is 10.4. The van der Waals surface area contributed by atoms with Crippen LogP contribution < -0.4 is 4.90 Å². The van der Waals surface area contributed by atoms with E-state index in [2.05, 4.69) is 9.88 Å². The number of halogens is 1. The second-order valence-electron chi connectivity index (χ2n) is 3.06. The van der Waals surface area contributed by atoms with Gasteiger partial charge in [0.25, 0.3) is 0 Å². The van der Waals surface area contributed by atoms with Crippen LogP contribution in [0.3, 0.4) is 0 Å². The van der Waals surface area contributed by atoms with Gasteiger partial charge in [-0.2, -0.15) is 0 Å². The molecule has 1 fully saturated rings. The zero-order chi connectivity index (χ0) is 8.39. The average Bonchev–Trinajstić information content (AvgIpc) is 2.56. The minimum Gasteiger partial charge on any atom is -0.370 e. The second-order valence-corrected chi connectivity index (χ2v) is 3.49. The SMILES string of the molecule is Clc1cncc(N2CCCC2)c1. The Morgan fingerprint density at radius 1 is 1.25 bits per heavy atom. The molecule has 1 aromatic rings. The van der Waals surface area contributed by atoms with Crippen molar-refractivity contribution in [2.75, 3.05) is 18.0 Å². The molecule has 0 spiro atoms. The minimum absolute atomic E-state index is 0.722. The van der Waals surface area contributed by atoms with Gasteiger partial charge < -0.3 is 4.90 Å². The van der Waals surface area contributed by atoms with Crippen molar-refractivity contribution >= 4 is 17.3 Å². The van der Waals surface area contributed by atoms with Gasteiger partial charge in [0.2, 0.25) is 0 Å². The summed E-state index contributed by atoms with van der Waals surface area (Å²) < 4.78 is 0. The summed E-state index contributed by atoms with van der Waals surface area (Å²) >= 11 is 5.83. The molecule has 0 aliphatic carbocycles. The van der Waals surface area contributed by atoms with Crippen LogP contribution in [-0.4, -0.2) is 18.1 Å². The normalized spacial score (nSPS) is 16.9. The van der Waals surface area contributed by atoms with E-state index in [-0.39, 0.29) is 0 Å². The van der Waals surface area contributed by atoms with Crippen molar-refractivity contribution in [2.45, 2.75) is 12.8 Å². The van der Waals surface area contributed by atoms with Crippen molar-refractivity contribution in [1.29, 1.82) is 0 Å². The monoisotopic (exact) mass is 182 g/mol. The van der Waals surface area contributed by atoms with E-state index >= 15 is 0 Å². The third kappa shape index (κ3) is 1.53. The van der Waals surface area contributed by atoms with E-state index in [1.165, 1.54) is 12.8 Å². The molecule has 0 amide bonds. The van der Waals surface area contributed by atoms with Gasteiger partial charge in [-0.1, -0.05) is 11.6 Å². The summed E-state index contributed by atoms with van der Waals surface area (Å²) in [4.78, 5) is 6.37. The highest BCUT2D eigenvalue weighted by atomic mass is 35.5. The molecule has 0 radical (unpaired) electrons. The van der Waals surface area contributed by atoms with Crippen molar-refractivity contribution in [2.24, 2.45) is 0 Å². The van der Waals surface area contributed by atoms with Gasteiger partial charge in [0.05, 0.1) is 16.9 Å². The number of pyridine rings is 1. The lowest BCUT2D eigenvalue weighted by Crippen LogP contribution is -2.17. The number of hydrogen-bond acceptors (Lipinski definition) is 2. The fraction of sp³-hybridized carbons (Fsp3) is 0.444. The van der Waals surface area contributed by atoms with Crippen LogP contribution in [0.4, 0.5) is 5.69 Å². The maximum atomic E-state index is 5.83. The van der Waals surface area contributed by atoms with Gasteiger partial charge in [-0.25, -0.2) is 0 Å². The highest BCUT2D eigenvalue weighted by Crippen LogP contribution is 2.21. The molecule has 1 aliphatic rings. The molecule has 2 heterocycles. The maximum absolute atomic E-state index is 5.83. The van der Waals surface area contributed by atoms with Crippen LogP contribution in [0.2, 0.25) is 5.02 Å². The minimum atomic E-state index is 0.722. The topological polar surface area (TPSA) is 16.1 Å². The predicted molar refractivity (Wildman–Crippen MR) is 50.7 cm³/mol. The molecule has 12 heavy (non-hydrogen) atoms. The summed E-state index contributed by atoms with van der Waals surface area (Å²) in [5.74, 6) is 0. The first-order valence-electron chi connectivity index (χ1n) is 4.22. The quantitative estimate of drug-likeness (QED) is 0.663. The Bertz CT molecular complexity index is 269. The van der Waals surface area contributed by atoms with E-state index < -0.39 is 0 Å². The first kappa shape index (κ1) is 7.87. The number of aromatic nitrogens is 1. The molecule has 0 atom stereocenters. The van der Waals surface area contributed by atoms with Crippen molar-refractivity contribution < 1.29 is 0 Å². The standard InChI is InChI=1S/C9H11ClN2/c10-8-5-9(7-11-6-8)12-3-1-2-4-12/h5-7H,1-4H2. The van der Waals surface area contributed by atoms with Crippen LogP contribution in [0, 0.1) is 0 Å². The Morgan fingerprint density at radius 3 is 2.67 bits per heavy atom. The Kier molecular flexibility index (Phi) is 2.17. The first-order chi connectivity index (χ1) is 5.86. The van der Waals surface area contributed by atoms with Crippen molar-refractivity contribution in [3.05, 3.63) is 23.5 Å². The van der Waals surface area contributed by atoms with Crippen LogP contribution in [0.15, 0.2) is 18.5 Å². The molecule has 2 rings (SSSR count). The van der Waals surface area contributed by atoms with Gasteiger partial charge in [-0.3, -0.25) is 4.98 Å². The van der Waals surface area contributed by atoms with Gasteiger partial charge in [-0.05, 0) is 18.9 Å². The Balaban J connectivity index is 2.21. The maximum Gasteiger partial charge on any atom is 0.0609 e. The lowest BCUT2D eigenvalue weighted by Gasteiger charge is -2.16. The van der Waals surface area contributed by atoms with E-state index in [4.69, 9.17) is 11.6 Å². The molecule has 1 aliphatic heterocycles. The van der Waals surface area contributed by atoms with Gasteiger partial charge >= 0.3 is 0 Å². The zero-order valence-corrected chi connectivity index (χ0v) is 7.59. The van der Waals surface area contributed by atoms with E-state index in [1.54, 1.807) is 6.20 Å². The van der Waals surface area contributed by atoms with Crippen LogP contribution in [0.5, 0.6) is 0 Å². The number of nitrogens with zero attached hydrogens (tertiary/aromatic N) is 2. The Hall–Kier alpha value is -0.760. The van der Waals surface area contributed by atoms with E-state index in [9.17, 15) is 0 Å². The zero-order valence-electron chi connectivity index (χ0n) is 6.83. The van der Waals surface area contributed by atoms with Crippen molar-refractivity contribution in [1.82, 2.24) is 4.98 Å². The molecule has 0 unspecified atom stereocenters. The number of rotatable bonds is 1. The number of anilines is 1. The third-order valence-corrected chi connectivity index (χ3v) is 2.37. The fourth-order valence-electron chi connectivity index (χ4n) is 1.55. The molecular weight excluding hydrogens is 172 g/mol. The van der Waals surface area contributed by atoms with Crippen molar-refractivity contribution in [3.8, 4) is 0 Å². The Morgan fingerprint density at radius 2 is 2.00 bits per heavy atom. The summed E-state index contributed by atoms with van der Waals surface area (Å²) in [6.45, 7) is 2.28. The molecule has 0 bridgehead atoms. The van der Waals surface area contributed by atoms with Crippen molar-refractivity contribution in [3.63, 3.8) is 0 Å². The molecular formula is C9H11ClN2. The Labute approximate surface area is 77.2 Å². The van der Waals surface area contributed by atoms with Crippen LogP contribution in [0.1, 0.15) is 12.8 Å². The van der Waals surface area contributed by atoms with E-state index in [0.717, 1.165) is 23.8 Å². The molecule has 1 aromatic heterocycles. The number of hydrogen-bond donors (Lipinski definition) is 0. The largest absolute Gasteiger partial charge is 0.370 e. The van der Waals surface area contributed by atoms with Crippen LogP contribution in [-0.2, 0) is 0 Å². The summed E-state index contributed by atoms with van der Waals surface area (Å²) in [7, 11) is 0. The molecule has 0 N–H and O–H groups in total. The van der Waals surface area contributed by atoms with Gasteiger partial charge in [-0.15, -0.1) is 0 Å². The van der Waals surface area contributed by atoms with Gasteiger partial charge in [0, 0.05) is 19.3 Å². The summed E-state index contributed by atoms with van der Waals surface area (Å²) in [5, 5.41) is 0.722. The highest BCUT2D eigenvalue weighted by Gasteiger charge is 2.12. The van der Waals surface area contributed by atoms with E-state index in [1.807, 2.05) is 12.3 Å². The fourth-order valence-corrected chi connectivity index (χ4v) is 1.72. The second kappa shape index (κ2) is 3.31. The average molecular weight is 183 g/mol. The summed E-state index contributed by atoms with van der Waals surface area (Å²) in [6.07, 6.45) is 6.11. The molecule has 2 nitrogen and oxygen atoms in total. The summed E-state index contributed by atoms with van der Waals surface area (Å²) in [6, 6.07) is 1.97.